The molecule has 2 aliphatic carbocycles. The first-order valence-electron chi connectivity index (χ1n) is 7.65. The van der Waals surface area contributed by atoms with Crippen molar-refractivity contribution in [3.63, 3.8) is 0 Å². The number of carbonyl (C=O) groups excluding carboxylic acids is 1. The van der Waals surface area contributed by atoms with Crippen molar-refractivity contribution >= 4 is 5.91 Å². The summed E-state index contributed by atoms with van der Waals surface area (Å²) in [6, 6.07) is 0.605. The molecule has 3 fully saturated rings. The van der Waals surface area contributed by atoms with E-state index in [9.17, 15) is 4.79 Å². The fourth-order valence-electron chi connectivity index (χ4n) is 4.65. The fourth-order valence-corrected chi connectivity index (χ4v) is 4.65. The van der Waals surface area contributed by atoms with Gasteiger partial charge < -0.3 is 10.6 Å². The van der Waals surface area contributed by atoms with E-state index in [-0.39, 0.29) is 12.0 Å². The minimum absolute atomic E-state index is 0.142. The summed E-state index contributed by atoms with van der Waals surface area (Å²) in [6.07, 6.45) is 6.04. The van der Waals surface area contributed by atoms with Gasteiger partial charge in [-0.25, -0.2) is 0 Å². The first kappa shape index (κ1) is 12.5. The van der Waals surface area contributed by atoms with Crippen LogP contribution in [-0.4, -0.2) is 29.4 Å². The van der Waals surface area contributed by atoms with E-state index in [0.717, 1.165) is 6.54 Å². The van der Waals surface area contributed by atoms with E-state index >= 15 is 0 Å². The molecule has 1 saturated heterocycles. The Morgan fingerprint density at radius 3 is 2.56 bits per heavy atom. The van der Waals surface area contributed by atoms with Crippen LogP contribution in [0.3, 0.4) is 0 Å². The normalized spacial score (nSPS) is 43.1. The zero-order valence-electron chi connectivity index (χ0n) is 11.6. The maximum absolute atomic E-state index is 12.8. The molecule has 2 saturated carbocycles. The zero-order chi connectivity index (χ0) is 12.9. The Bertz CT molecular complexity index is 339. The highest BCUT2D eigenvalue weighted by molar-refractivity contribution is 5.81. The Hall–Kier alpha value is -0.570. The third kappa shape index (κ3) is 1.78. The summed E-state index contributed by atoms with van der Waals surface area (Å²) >= 11 is 0. The van der Waals surface area contributed by atoms with Crippen LogP contribution in [-0.2, 0) is 4.79 Å². The lowest BCUT2D eigenvalue weighted by Gasteiger charge is -2.35. The quantitative estimate of drug-likeness (QED) is 0.815. The van der Waals surface area contributed by atoms with Crippen LogP contribution >= 0.6 is 0 Å². The van der Waals surface area contributed by atoms with Crippen molar-refractivity contribution in [1.29, 1.82) is 0 Å². The molecule has 0 aromatic carbocycles. The summed E-state index contributed by atoms with van der Waals surface area (Å²) in [6.45, 7) is 5.43. The molecule has 5 atom stereocenters. The Kier molecular flexibility index (Phi) is 3.13. The van der Waals surface area contributed by atoms with Crippen LogP contribution in [0.15, 0.2) is 0 Å². The Balaban J connectivity index is 1.74. The van der Waals surface area contributed by atoms with Crippen LogP contribution in [0, 0.1) is 23.7 Å². The van der Waals surface area contributed by atoms with Gasteiger partial charge in [-0.05, 0) is 49.9 Å². The predicted octanol–water partition coefficient (Wildman–Crippen LogP) is 2.01. The van der Waals surface area contributed by atoms with E-state index in [1.807, 2.05) is 0 Å². The van der Waals surface area contributed by atoms with Crippen LogP contribution in [0.5, 0.6) is 0 Å². The molecule has 5 unspecified atom stereocenters. The summed E-state index contributed by atoms with van der Waals surface area (Å²) < 4.78 is 0. The molecule has 3 nitrogen and oxygen atoms in total. The fraction of sp³-hybridized carbons (Fsp3) is 0.933. The second-order valence-electron chi connectivity index (χ2n) is 6.92. The highest BCUT2D eigenvalue weighted by Crippen LogP contribution is 2.48. The van der Waals surface area contributed by atoms with Crippen LogP contribution < -0.4 is 5.73 Å². The SMILES string of the molecule is CC(C)C1CCCN1C(=O)C1C2CCC(C2)C1N. The van der Waals surface area contributed by atoms with Gasteiger partial charge in [0.25, 0.3) is 0 Å². The molecule has 2 N–H and O–H groups in total. The minimum Gasteiger partial charge on any atom is -0.339 e. The first-order chi connectivity index (χ1) is 8.59. The van der Waals surface area contributed by atoms with Gasteiger partial charge in [0.05, 0.1) is 5.92 Å². The van der Waals surface area contributed by atoms with Gasteiger partial charge in [0.15, 0.2) is 0 Å². The highest BCUT2D eigenvalue weighted by atomic mass is 16.2. The van der Waals surface area contributed by atoms with Crippen LogP contribution in [0.4, 0.5) is 0 Å². The summed E-state index contributed by atoms with van der Waals surface area (Å²) in [5.74, 6) is 2.32. The molecule has 102 valence electrons. The van der Waals surface area contributed by atoms with Gasteiger partial charge in [0, 0.05) is 18.6 Å². The molecule has 1 amide bonds. The Morgan fingerprint density at radius 2 is 1.94 bits per heavy atom. The van der Waals surface area contributed by atoms with Crippen molar-refractivity contribution in [2.45, 2.75) is 58.0 Å². The Morgan fingerprint density at radius 1 is 1.22 bits per heavy atom. The van der Waals surface area contributed by atoms with Gasteiger partial charge in [0.2, 0.25) is 5.91 Å². The number of rotatable bonds is 2. The van der Waals surface area contributed by atoms with E-state index in [4.69, 9.17) is 5.73 Å². The average Bonchev–Trinajstić information content (AvgIpc) is 3.03. The molecule has 3 aliphatic rings. The molecule has 0 spiro atoms. The van der Waals surface area contributed by atoms with Crippen LogP contribution in [0.25, 0.3) is 0 Å². The molecule has 0 aromatic rings. The number of nitrogens with two attached hydrogens (primary N) is 1. The van der Waals surface area contributed by atoms with Gasteiger partial charge in [-0.15, -0.1) is 0 Å². The molecule has 3 rings (SSSR count). The minimum atomic E-state index is 0.142. The molecule has 3 heteroatoms. The number of carbonyl (C=O) groups is 1. The standard InChI is InChI=1S/C15H26N2O/c1-9(2)12-4-3-7-17(12)15(18)13-10-5-6-11(8-10)14(13)16/h9-14H,3-8,16H2,1-2H3. The molecule has 18 heavy (non-hydrogen) atoms. The van der Waals surface area contributed by atoms with Crippen molar-refractivity contribution in [2.24, 2.45) is 29.4 Å². The van der Waals surface area contributed by atoms with E-state index in [0.29, 0.717) is 29.7 Å². The van der Waals surface area contributed by atoms with Crippen molar-refractivity contribution < 1.29 is 4.79 Å². The second kappa shape index (κ2) is 4.52. The molecule has 1 heterocycles. The largest absolute Gasteiger partial charge is 0.339 e. The van der Waals surface area contributed by atoms with E-state index < -0.39 is 0 Å². The van der Waals surface area contributed by atoms with Crippen molar-refractivity contribution in [3.05, 3.63) is 0 Å². The number of likely N-dealkylation sites (tertiary alicyclic amines) is 1. The number of amides is 1. The summed E-state index contributed by atoms with van der Waals surface area (Å²) in [7, 11) is 0. The van der Waals surface area contributed by atoms with Crippen LogP contribution in [0.1, 0.15) is 46.0 Å². The second-order valence-corrected chi connectivity index (χ2v) is 6.92. The monoisotopic (exact) mass is 250 g/mol. The Labute approximate surface area is 110 Å². The lowest BCUT2D eigenvalue weighted by atomic mass is 9.83. The molecule has 2 bridgehead atoms. The van der Waals surface area contributed by atoms with Gasteiger partial charge in [-0.1, -0.05) is 13.8 Å². The molecular formula is C15H26N2O. The molecule has 0 radical (unpaired) electrons. The smallest absolute Gasteiger partial charge is 0.227 e. The van der Waals surface area contributed by atoms with Crippen molar-refractivity contribution in [2.75, 3.05) is 6.54 Å². The van der Waals surface area contributed by atoms with Crippen molar-refractivity contribution in [1.82, 2.24) is 4.90 Å². The summed E-state index contributed by atoms with van der Waals surface area (Å²) in [5.41, 5.74) is 6.31. The number of hydrogen-bond acceptors (Lipinski definition) is 2. The maximum Gasteiger partial charge on any atom is 0.227 e. The average molecular weight is 250 g/mol. The maximum atomic E-state index is 12.8. The van der Waals surface area contributed by atoms with Crippen molar-refractivity contribution in [3.8, 4) is 0 Å². The number of fused-ring (bicyclic) bond motifs is 2. The zero-order valence-corrected chi connectivity index (χ0v) is 11.6. The van der Waals surface area contributed by atoms with Gasteiger partial charge in [0.1, 0.15) is 0 Å². The van der Waals surface area contributed by atoms with Gasteiger partial charge >= 0.3 is 0 Å². The molecular weight excluding hydrogens is 224 g/mol. The third-order valence-corrected chi connectivity index (χ3v) is 5.62. The van der Waals surface area contributed by atoms with Gasteiger partial charge in [-0.3, -0.25) is 4.79 Å². The third-order valence-electron chi connectivity index (χ3n) is 5.62. The van der Waals surface area contributed by atoms with E-state index in [1.54, 1.807) is 0 Å². The van der Waals surface area contributed by atoms with Crippen LogP contribution in [0.2, 0.25) is 0 Å². The van der Waals surface area contributed by atoms with E-state index in [2.05, 4.69) is 18.7 Å². The molecule has 1 aliphatic heterocycles. The highest BCUT2D eigenvalue weighted by Gasteiger charge is 2.51. The summed E-state index contributed by atoms with van der Waals surface area (Å²) in [4.78, 5) is 15.0. The first-order valence-corrected chi connectivity index (χ1v) is 7.65. The number of nitrogens with zero attached hydrogens (tertiary/aromatic N) is 1. The van der Waals surface area contributed by atoms with E-state index in [1.165, 1.54) is 32.1 Å². The lowest BCUT2D eigenvalue weighted by Crippen LogP contribution is -2.49. The van der Waals surface area contributed by atoms with Gasteiger partial charge in [-0.2, -0.15) is 0 Å². The lowest BCUT2D eigenvalue weighted by molar-refractivity contribution is -0.139. The molecule has 0 aromatic heterocycles. The summed E-state index contributed by atoms with van der Waals surface area (Å²) in [5, 5.41) is 0. The topological polar surface area (TPSA) is 46.3 Å². The number of hydrogen-bond donors (Lipinski definition) is 1. The predicted molar refractivity (Wildman–Crippen MR) is 71.9 cm³/mol.